The molecule has 0 aliphatic carbocycles. The molecule has 1 aliphatic rings. The molecule has 0 spiro atoms. The minimum Gasteiger partial charge on any atom is -0.328 e. The standard InChI is InChI=1S/C20H18ClN3O/c21-16-8-6-14(7-9-16)11-20(25)23-17-4-1-3-15(12-17)18-13-22-19-5-2-10-24(18)19/h1,3-4,6-9,12-13H,2,5,10-11H2,(H,23,25). The zero-order valence-electron chi connectivity index (χ0n) is 13.7. The quantitative estimate of drug-likeness (QED) is 0.760. The van der Waals surface area contributed by atoms with Crippen LogP contribution in [0.3, 0.4) is 0 Å². The number of carbonyl (C=O) groups excluding carboxylic acids is 1. The van der Waals surface area contributed by atoms with Crippen LogP contribution in [-0.2, 0) is 24.2 Å². The van der Waals surface area contributed by atoms with E-state index in [2.05, 4.69) is 20.9 Å². The van der Waals surface area contributed by atoms with Gasteiger partial charge in [0.15, 0.2) is 0 Å². The van der Waals surface area contributed by atoms with Gasteiger partial charge in [-0.2, -0.15) is 0 Å². The van der Waals surface area contributed by atoms with E-state index >= 15 is 0 Å². The van der Waals surface area contributed by atoms with Crippen LogP contribution in [-0.4, -0.2) is 15.5 Å². The second kappa shape index (κ2) is 6.73. The number of imidazole rings is 1. The van der Waals surface area contributed by atoms with Gasteiger partial charge in [-0.3, -0.25) is 4.79 Å². The summed E-state index contributed by atoms with van der Waals surface area (Å²) in [5.74, 6) is 1.10. The molecule has 3 aromatic rings. The Morgan fingerprint density at radius 1 is 1.20 bits per heavy atom. The lowest BCUT2D eigenvalue weighted by molar-refractivity contribution is -0.115. The maximum atomic E-state index is 12.3. The maximum absolute atomic E-state index is 12.3. The first kappa shape index (κ1) is 15.9. The molecule has 2 aromatic carbocycles. The summed E-state index contributed by atoms with van der Waals surface area (Å²) in [7, 11) is 0. The predicted molar refractivity (Wildman–Crippen MR) is 99.8 cm³/mol. The van der Waals surface area contributed by atoms with E-state index in [1.54, 1.807) is 12.1 Å². The minimum absolute atomic E-state index is 0.0435. The van der Waals surface area contributed by atoms with E-state index in [9.17, 15) is 4.79 Å². The van der Waals surface area contributed by atoms with Crippen LogP contribution in [0.15, 0.2) is 54.7 Å². The van der Waals surface area contributed by atoms with Gasteiger partial charge in [0.05, 0.1) is 18.3 Å². The molecule has 0 bridgehead atoms. The molecule has 2 heterocycles. The Morgan fingerprint density at radius 2 is 2.04 bits per heavy atom. The zero-order chi connectivity index (χ0) is 17.2. The van der Waals surface area contributed by atoms with Crippen LogP contribution in [0.2, 0.25) is 5.02 Å². The first-order chi connectivity index (χ1) is 12.2. The van der Waals surface area contributed by atoms with Crippen LogP contribution >= 0.6 is 11.6 Å². The third-order valence-corrected chi connectivity index (χ3v) is 4.69. The molecule has 4 nitrogen and oxygen atoms in total. The van der Waals surface area contributed by atoms with Gasteiger partial charge in [-0.25, -0.2) is 4.98 Å². The van der Waals surface area contributed by atoms with Crippen LogP contribution in [0.5, 0.6) is 0 Å². The summed E-state index contributed by atoms with van der Waals surface area (Å²) in [5.41, 5.74) is 3.92. The number of aromatic nitrogens is 2. The van der Waals surface area contributed by atoms with Crippen molar-refractivity contribution in [1.82, 2.24) is 9.55 Å². The van der Waals surface area contributed by atoms with Crippen molar-refractivity contribution in [2.24, 2.45) is 0 Å². The smallest absolute Gasteiger partial charge is 0.228 e. The summed E-state index contributed by atoms with van der Waals surface area (Å²) in [6.07, 6.45) is 4.43. The number of rotatable bonds is 4. The second-order valence-corrected chi connectivity index (χ2v) is 6.68. The van der Waals surface area contributed by atoms with E-state index in [4.69, 9.17) is 11.6 Å². The highest BCUT2D eigenvalue weighted by atomic mass is 35.5. The highest BCUT2D eigenvalue weighted by molar-refractivity contribution is 6.30. The SMILES string of the molecule is O=C(Cc1ccc(Cl)cc1)Nc1cccc(-c2cnc3n2CCC3)c1. The van der Waals surface area contributed by atoms with Gasteiger partial charge in [-0.05, 0) is 36.2 Å². The molecule has 1 aliphatic heterocycles. The van der Waals surface area contributed by atoms with Crippen molar-refractivity contribution in [2.45, 2.75) is 25.8 Å². The van der Waals surface area contributed by atoms with Crippen molar-refractivity contribution in [3.05, 3.63) is 71.1 Å². The number of hydrogen-bond acceptors (Lipinski definition) is 2. The summed E-state index contributed by atoms with van der Waals surface area (Å²) < 4.78 is 2.26. The highest BCUT2D eigenvalue weighted by Gasteiger charge is 2.16. The van der Waals surface area contributed by atoms with Gasteiger partial charge < -0.3 is 9.88 Å². The Kier molecular flexibility index (Phi) is 4.28. The normalized spacial score (nSPS) is 12.8. The average molecular weight is 352 g/mol. The number of halogens is 1. The molecule has 25 heavy (non-hydrogen) atoms. The van der Waals surface area contributed by atoms with Gasteiger partial charge >= 0.3 is 0 Å². The lowest BCUT2D eigenvalue weighted by atomic mass is 10.1. The topological polar surface area (TPSA) is 46.9 Å². The van der Waals surface area contributed by atoms with Crippen molar-refractivity contribution in [3.8, 4) is 11.3 Å². The Balaban J connectivity index is 1.49. The van der Waals surface area contributed by atoms with Gasteiger partial charge in [0.1, 0.15) is 5.82 Å². The lowest BCUT2D eigenvalue weighted by Gasteiger charge is -2.09. The molecule has 1 amide bonds. The summed E-state index contributed by atoms with van der Waals surface area (Å²) in [5, 5.41) is 3.64. The molecule has 1 aromatic heterocycles. The van der Waals surface area contributed by atoms with E-state index in [0.717, 1.165) is 47.7 Å². The Bertz CT molecular complexity index is 915. The molecular weight excluding hydrogens is 334 g/mol. The Labute approximate surface area is 151 Å². The number of carbonyl (C=O) groups is 1. The fourth-order valence-electron chi connectivity index (χ4n) is 3.24. The van der Waals surface area contributed by atoms with Gasteiger partial charge in [-0.1, -0.05) is 35.9 Å². The summed E-state index contributed by atoms with van der Waals surface area (Å²) in [6, 6.07) is 15.3. The predicted octanol–water partition coefficient (Wildman–Crippen LogP) is 4.33. The molecule has 1 N–H and O–H groups in total. The fourth-order valence-corrected chi connectivity index (χ4v) is 3.36. The number of nitrogens with zero attached hydrogens (tertiary/aromatic N) is 2. The number of anilines is 1. The fraction of sp³-hybridized carbons (Fsp3) is 0.200. The van der Waals surface area contributed by atoms with E-state index in [1.807, 2.05) is 36.5 Å². The van der Waals surface area contributed by atoms with Gasteiger partial charge in [0.25, 0.3) is 0 Å². The lowest BCUT2D eigenvalue weighted by Crippen LogP contribution is -2.14. The minimum atomic E-state index is -0.0435. The van der Waals surface area contributed by atoms with Gasteiger partial charge in [0.2, 0.25) is 5.91 Å². The molecular formula is C20H18ClN3O. The summed E-state index contributed by atoms with van der Waals surface area (Å²) in [4.78, 5) is 16.8. The van der Waals surface area contributed by atoms with Crippen molar-refractivity contribution in [1.29, 1.82) is 0 Å². The van der Waals surface area contributed by atoms with Crippen LogP contribution < -0.4 is 5.32 Å². The molecule has 0 saturated carbocycles. The molecule has 0 atom stereocenters. The number of aryl methyl sites for hydroxylation is 1. The third-order valence-electron chi connectivity index (χ3n) is 4.44. The zero-order valence-corrected chi connectivity index (χ0v) is 14.5. The van der Waals surface area contributed by atoms with Gasteiger partial charge in [0, 0.05) is 29.2 Å². The molecule has 0 saturated heterocycles. The number of benzene rings is 2. The first-order valence-electron chi connectivity index (χ1n) is 8.38. The van der Waals surface area contributed by atoms with Crippen LogP contribution in [0, 0.1) is 0 Å². The second-order valence-electron chi connectivity index (χ2n) is 6.25. The third kappa shape index (κ3) is 3.44. The molecule has 5 heteroatoms. The van der Waals surface area contributed by atoms with E-state index in [-0.39, 0.29) is 5.91 Å². The van der Waals surface area contributed by atoms with Crippen molar-refractivity contribution < 1.29 is 4.79 Å². The molecule has 0 radical (unpaired) electrons. The van der Waals surface area contributed by atoms with E-state index in [1.165, 1.54) is 0 Å². The number of amides is 1. The Hall–Kier alpha value is -2.59. The van der Waals surface area contributed by atoms with Crippen LogP contribution in [0.25, 0.3) is 11.3 Å². The number of hydrogen-bond donors (Lipinski definition) is 1. The van der Waals surface area contributed by atoms with Gasteiger partial charge in [-0.15, -0.1) is 0 Å². The van der Waals surface area contributed by atoms with Crippen LogP contribution in [0.4, 0.5) is 5.69 Å². The first-order valence-corrected chi connectivity index (χ1v) is 8.76. The maximum Gasteiger partial charge on any atom is 0.228 e. The highest BCUT2D eigenvalue weighted by Crippen LogP contribution is 2.27. The van der Waals surface area contributed by atoms with Crippen molar-refractivity contribution in [3.63, 3.8) is 0 Å². The van der Waals surface area contributed by atoms with Crippen molar-refractivity contribution in [2.75, 3.05) is 5.32 Å². The number of nitrogens with one attached hydrogen (secondary N) is 1. The Morgan fingerprint density at radius 3 is 2.88 bits per heavy atom. The number of fused-ring (bicyclic) bond motifs is 1. The molecule has 0 fully saturated rings. The molecule has 0 unspecified atom stereocenters. The molecule has 126 valence electrons. The van der Waals surface area contributed by atoms with E-state index < -0.39 is 0 Å². The summed E-state index contributed by atoms with van der Waals surface area (Å²) in [6.45, 7) is 1.01. The van der Waals surface area contributed by atoms with Crippen molar-refractivity contribution >= 4 is 23.2 Å². The summed E-state index contributed by atoms with van der Waals surface area (Å²) >= 11 is 5.88. The monoisotopic (exact) mass is 351 g/mol. The van der Waals surface area contributed by atoms with E-state index in [0.29, 0.717) is 11.4 Å². The average Bonchev–Trinajstić information content (AvgIpc) is 3.20. The van der Waals surface area contributed by atoms with Crippen LogP contribution in [0.1, 0.15) is 17.8 Å². The largest absolute Gasteiger partial charge is 0.328 e. The molecule has 4 rings (SSSR count).